The number of carbonyl (C=O) groups is 1. The molecule has 2 aromatic rings. The van der Waals surface area contributed by atoms with Gasteiger partial charge in [-0.15, -0.1) is 0 Å². The second kappa shape index (κ2) is 7.24. The van der Waals surface area contributed by atoms with Gasteiger partial charge in [-0.3, -0.25) is 9.78 Å². The van der Waals surface area contributed by atoms with E-state index in [-0.39, 0.29) is 12.0 Å². The molecule has 0 saturated carbocycles. The van der Waals surface area contributed by atoms with Gasteiger partial charge in [-0.05, 0) is 56.3 Å². The maximum absolute atomic E-state index is 11.8. The number of hydrogen-bond donors (Lipinski definition) is 1. The molecule has 1 N–H and O–H groups in total. The number of nitrogens with one attached hydrogen (secondary N) is 1. The van der Waals surface area contributed by atoms with E-state index in [1.807, 2.05) is 56.3 Å². The van der Waals surface area contributed by atoms with Crippen LogP contribution in [0.3, 0.4) is 0 Å². The van der Waals surface area contributed by atoms with Crippen molar-refractivity contribution in [3.8, 4) is 5.75 Å². The average Bonchev–Trinajstić information content (AvgIpc) is 2.48. The normalized spacial score (nSPS) is 10.8. The Balaban J connectivity index is 1.92. The smallest absolute Gasteiger partial charge is 0.248 e. The van der Waals surface area contributed by atoms with Crippen molar-refractivity contribution in [3.05, 3.63) is 60.4 Å². The molecule has 0 aliphatic rings. The zero-order valence-electron chi connectivity index (χ0n) is 12.1. The van der Waals surface area contributed by atoms with Gasteiger partial charge in [-0.25, -0.2) is 0 Å². The summed E-state index contributed by atoms with van der Waals surface area (Å²) in [5.41, 5.74) is 1.47. The van der Waals surface area contributed by atoms with Gasteiger partial charge in [0.05, 0.1) is 11.8 Å². The lowest BCUT2D eigenvalue weighted by atomic mass is 10.3. The van der Waals surface area contributed by atoms with E-state index >= 15 is 0 Å². The molecule has 4 heteroatoms. The van der Waals surface area contributed by atoms with E-state index in [0.29, 0.717) is 0 Å². The van der Waals surface area contributed by atoms with Crippen LogP contribution in [0.2, 0.25) is 0 Å². The number of ether oxygens (including phenoxy) is 1. The zero-order chi connectivity index (χ0) is 15.1. The van der Waals surface area contributed by atoms with Crippen LogP contribution in [0.5, 0.6) is 5.75 Å². The Hall–Kier alpha value is -2.62. The third-order valence-electron chi connectivity index (χ3n) is 2.59. The van der Waals surface area contributed by atoms with Crippen LogP contribution in [0.1, 0.15) is 19.5 Å². The maximum Gasteiger partial charge on any atom is 0.248 e. The average molecular weight is 282 g/mol. The third-order valence-corrected chi connectivity index (χ3v) is 2.59. The molecule has 0 unspecified atom stereocenters. The fourth-order valence-electron chi connectivity index (χ4n) is 1.71. The SMILES string of the molecule is CC(C)Oc1ccc(NC(=O)/C=C/c2ccccn2)cc1. The summed E-state index contributed by atoms with van der Waals surface area (Å²) in [5, 5.41) is 2.78. The molecule has 0 atom stereocenters. The highest BCUT2D eigenvalue weighted by molar-refractivity contribution is 6.01. The molecule has 0 radical (unpaired) electrons. The highest BCUT2D eigenvalue weighted by atomic mass is 16.5. The summed E-state index contributed by atoms with van der Waals surface area (Å²) >= 11 is 0. The van der Waals surface area contributed by atoms with Crippen LogP contribution in [0.4, 0.5) is 5.69 Å². The molecule has 0 aliphatic carbocycles. The minimum atomic E-state index is -0.196. The molecular formula is C17H18N2O2. The molecule has 4 nitrogen and oxygen atoms in total. The van der Waals surface area contributed by atoms with E-state index in [1.165, 1.54) is 6.08 Å². The molecule has 0 fully saturated rings. The van der Waals surface area contributed by atoms with Crippen molar-refractivity contribution < 1.29 is 9.53 Å². The quantitative estimate of drug-likeness (QED) is 0.854. The van der Waals surface area contributed by atoms with E-state index in [4.69, 9.17) is 4.74 Å². The third kappa shape index (κ3) is 5.10. The van der Waals surface area contributed by atoms with Crippen LogP contribution < -0.4 is 10.1 Å². The first-order valence-corrected chi connectivity index (χ1v) is 6.80. The molecule has 2 rings (SSSR count). The lowest BCUT2D eigenvalue weighted by molar-refractivity contribution is -0.111. The number of nitrogens with zero attached hydrogens (tertiary/aromatic N) is 1. The summed E-state index contributed by atoms with van der Waals surface area (Å²) in [5.74, 6) is 0.588. The largest absolute Gasteiger partial charge is 0.491 e. The highest BCUT2D eigenvalue weighted by Gasteiger charge is 2.00. The highest BCUT2D eigenvalue weighted by Crippen LogP contribution is 2.16. The fraction of sp³-hybridized carbons (Fsp3) is 0.176. The van der Waals surface area contributed by atoms with Crippen LogP contribution in [-0.2, 0) is 4.79 Å². The molecule has 0 saturated heterocycles. The number of hydrogen-bond acceptors (Lipinski definition) is 3. The van der Waals surface area contributed by atoms with Crippen molar-refractivity contribution in [1.82, 2.24) is 4.98 Å². The second-order valence-corrected chi connectivity index (χ2v) is 4.77. The predicted molar refractivity (Wildman–Crippen MR) is 84.1 cm³/mol. The van der Waals surface area contributed by atoms with E-state index in [0.717, 1.165) is 17.1 Å². The van der Waals surface area contributed by atoms with E-state index < -0.39 is 0 Å². The van der Waals surface area contributed by atoms with Gasteiger partial charge in [0.1, 0.15) is 5.75 Å². The van der Waals surface area contributed by atoms with Crippen molar-refractivity contribution in [2.45, 2.75) is 20.0 Å². The van der Waals surface area contributed by atoms with Crippen LogP contribution in [0, 0.1) is 0 Å². The van der Waals surface area contributed by atoms with Crippen LogP contribution >= 0.6 is 0 Å². The van der Waals surface area contributed by atoms with Gasteiger partial charge in [-0.2, -0.15) is 0 Å². The molecule has 108 valence electrons. The van der Waals surface area contributed by atoms with Gasteiger partial charge in [0.2, 0.25) is 5.91 Å². The van der Waals surface area contributed by atoms with Gasteiger partial charge < -0.3 is 10.1 Å². The molecule has 1 aromatic heterocycles. The lowest BCUT2D eigenvalue weighted by Gasteiger charge is -2.10. The standard InChI is InChI=1S/C17H18N2O2/c1-13(2)21-16-9-6-15(7-10-16)19-17(20)11-8-14-5-3-4-12-18-14/h3-13H,1-2H3,(H,19,20)/b11-8+. The molecular weight excluding hydrogens is 264 g/mol. The molecule has 1 aromatic carbocycles. The van der Waals surface area contributed by atoms with Gasteiger partial charge in [0.15, 0.2) is 0 Å². The van der Waals surface area contributed by atoms with E-state index in [2.05, 4.69) is 10.3 Å². The number of anilines is 1. The minimum Gasteiger partial charge on any atom is -0.491 e. The Morgan fingerprint density at radius 2 is 1.95 bits per heavy atom. The lowest BCUT2D eigenvalue weighted by Crippen LogP contribution is -2.08. The number of rotatable bonds is 5. The molecule has 0 spiro atoms. The van der Waals surface area contributed by atoms with Gasteiger partial charge in [-0.1, -0.05) is 6.07 Å². The fourth-order valence-corrected chi connectivity index (χ4v) is 1.71. The Morgan fingerprint density at radius 3 is 2.57 bits per heavy atom. The molecule has 0 aliphatic heterocycles. The Bertz CT molecular complexity index is 604. The summed E-state index contributed by atoms with van der Waals surface area (Å²) in [4.78, 5) is 15.9. The van der Waals surface area contributed by atoms with Gasteiger partial charge >= 0.3 is 0 Å². The minimum absolute atomic E-state index is 0.131. The van der Waals surface area contributed by atoms with Crippen molar-refractivity contribution in [2.75, 3.05) is 5.32 Å². The van der Waals surface area contributed by atoms with Gasteiger partial charge in [0, 0.05) is 18.0 Å². The predicted octanol–water partition coefficient (Wildman–Crippen LogP) is 3.52. The molecule has 1 amide bonds. The Labute approximate surface area is 124 Å². The summed E-state index contributed by atoms with van der Waals surface area (Å²) in [6, 6.07) is 12.8. The second-order valence-electron chi connectivity index (χ2n) is 4.77. The molecule has 21 heavy (non-hydrogen) atoms. The number of carbonyl (C=O) groups excluding carboxylic acids is 1. The molecule has 1 heterocycles. The Morgan fingerprint density at radius 1 is 1.19 bits per heavy atom. The van der Waals surface area contributed by atoms with Crippen molar-refractivity contribution in [3.63, 3.8) is 0 Å². The maximum atomic E-state index is 11.8. The first-order valence-electron chi connectivity index (χ1n) is 6.80. The summed E-state index contributed by atoms with van der Waals surface area (Å²) in [6.07, 6.45) is 4.95. The summed E-state index contributed by atoms with van der Waals surface area (Å²) in [6.45, 7) is 3.94. The topological polar surface area (TPSA) is 51.2 Å². The first kappa shape index (κ1) is 14.8. The van der Waals surface area contributed by atoms with Gasteiger partial charge in [0.25, 0.3) is 0 Å². The van der Waals surface area contributed by atoms with Crippen LogP contribution in [-0.4, -0.2) is 17.0 Å². The number of aromatic nitrogens is 1. The number of amides is 1. The zero-order valence-corrected chi connectivity index (χ0v) is 12.1. The number of pyridine rings is 1. The first-order chi connectivity index (χ1) is 10.1. The van der Waals surface area contributed by atoms with Crippen molar-refractivity contribution in [2.24, 2.45) is 0 Å². The summed E-state index contributed by atoms with van der Waals surface area (Å²) < 4.78 is 5.54. The van der Waals surface area contributed by atoms with Crippen molar-refractivity contribution >= 4 is 17.7 Å². The Kier molecular flexibility index (Phi) is 5.10. The van der Waals surface area contributed by atoms with Crippen molar-refractivity contribution in [1.29, 1.82) is 0 Å². The van der Waals surface area contributed by atoms with E-state index in [9.17, 15) is 4.79 Å². The van der Waals surface area contributed by atoms with Crippen LogP contribution in [0.25, 0.3) is 6.08 Å². The van der Waals surface area contributed by atoms with Crippen LogP contribution in [0.15, 0.2) is 54.7 Å². The van der Waals surface area contributed by atoms with E-state index in [1.54, 1.807) is 12.3 Å². The monoisotopic (exact) mass is 282 g/mol. The molecule has 0 bridgehead atoms. The summed E-state index contributed by atoms with van der Waals surface area (Å²) in [7, 11) is 0. The number of benzene rings is 1.